The third-order valence-corrected chi connectivity index (χ3v) is 14.5. The van der Waals surface area contributed by atoms with Crippen LogP contribution in [0, 0.1) is 6.92 Å². The van der Waals surface area contributed by atoms with Gasteiger partial charge in [0.2, 0.25) is 0 Å². The standard InChI is InChI=1S/C28H32N4O24S7/c1-15-24-27(56-21-12-19(30-4-6-52-61(42,43)44)22(13-16(21)31-24)58(35,36)9-7-53-62(45,46)47)28(57(2,33)34)25-26(15)55-20-11-18(29-3-5-51-60(39,40)41)23(14-17(20)32-25)59(37,38)10-8-54-63(48,49)50/h11-14,29,32H,3-10H2,1-2H3,(H,39,40,41)(H,42,43,44)(H,45,46,47)(H,48,49,50). The quantitative estimate of drug-likeness (QED) is 0.0329. The summed E-state index contributed by atoms with van der Waals surface area (Å²) in [5.74, 6) is -2.96. The second-order valence-corrected chi connectivity index (χ2v) is 23.1. The van der Waals surface area contributed by atoms with Crippen molar-refractivity contribution in [3.63, 3.8) is 0 Å². The molecule has 2 aromatic carbocycles. The minimum Gasteiger partial charge on any atom is -0.452 e. The largest absolute Gasteiger partial charge is 0.452 e. The molecule has 0 aromatic heterocycles. The average molecular weight is 1030 g/mol. The Hall–Kier alpha value is -4.21. The lowest BCUT2D eigenvalue weighted by atomic mass is 10.1. The predicted octanol–water partition coefficient (Wildman–Crippen LogP) is -0.369. The summed E-state index contributed by atoms with van der Waals surface area (Å²) in [5.41, 5.74) is -1.90. The van der Waals surface area contributed by atoms with Crippen LogP contribution in [0.2, 0.25) is 0 Å². The number of hydrogen-bond acceptors (Lipinski definition) is 24. The van der Waals surface area contributed by atoms with Crippen LogP contribution in [0.5, 0.6) is 11.5 Å². The molecule has 350 valence electrons. The van der Waals surface area contributed by atoms with E-state index in [4.69, 9.17) is 27.4 Å². The molecular weight excluding hydrogens is 1000 g/mol. The van der Waals surface area contributed by atoms with Crippen LogP contribution in [-0.4, -0.2) is 139 Å². The summed E-state index contributed by atoms with van der Waals surface area (Å²) in [5, 5.41) is 4.85. The molecule has 0 fully saturated rings. The smallest absolute Gasteiger partial charge is 0.397 e. The van der Waals surface area contributed by atoms with Gasteiger partial charge in [-0.05, 0) is 19.1 Å². The van der Waals surface area contributed by atoms with Gasteiger partial charge in [0, 0.05) is 30.5 Å². The first-order valence-corrected chi connectivity index (χ1v) is 27.4. The van der Waals surface area contributed by atoms with Crippen molar-refractivity contribution >= 4 is 99.3 Å². The van der Waals surface area contributed by atoms with E-state index in [0.29, 0.717) is 0 Å². The highest BCUT2D eigenvalue weighted by molar-refractivity contribution is 7.92. The Morgan fingerprint density at radius 2 is 1.25 bits per heavy atom. The number of hydrogen-bond donors (Lipinski definition) is 6. The van der Waals surface area contributed by atoms with Gasteiger partial charge in [-0.15, -0.1) is 0 Å². The van der Waals surface area contributed by atoms with E-state index in [1.807, 2.05) is 0 Å². The summed E-state index contributed by atoms with van der Waals surface area (Å²) in [4.78, 5) is 6.46. The van der Waals surface area contributed by atoms with Crippen molar-refractivity contribution in [1.29, 1.82) is 0 Å². The summed E-state index contributed by atoms with van der Waals surface area (Å²) in [6.07, 6.45) is 0.751. The van der Waals surface area contributed by atoms with E-state index in [1.54, 1.807) is 0 Å². The van der Waals surface area contributed by atoms with Crippen molar-refractivity contribution in [3.05, 3.63) is 35.2 Å². The van der Waals surface area contributed by atoms with Crippen molar-refractivity contribution in [3.8, 4) is 23.0 Å². The van der Waals surface area contributed by atoms with Gasteiger partial charge < -0.3 is 19.8 Å². The van der Waals surface area contributed by atoms with Crippen molar-refractivity contribution in [2.24, 2.45) is 4.99 Å². The molecule has 2 aromatic rings. The lowest BCUT2D eigenvalue weighted by molar-refractivity contribution is 0.274. The Balaban J connectivity index is 1.71. The molecule has 2 aliphatic heterocycles. The molecule has 0 saturated heterocycles. The number of sulfone groups is 3. The lowest BCUT2D eigenvalue weighted by Crippen LogP contribution is -2.23. The minimum atomic E-state index is -5.08. The highest BCUT2D eigenvalue weighted by Crippen LogP contribution is 2.52. The Kier molecular flexibility index (Phi) is 14.2. The molecule has 6 N–H and O–H groups in total. The molecule has 0 atom stereocenters. The molecule has 1 aliphatic carbocycles. The van der Waals surface area contributed by atoms with Gasteiger partial charge in [0.25, 0.3) is 0 Å². The van der Waals surface area contributed by atoms with Gasteiger partial charge in [0.1, 0.15) is 21.8 Å². The fourth-order valence-electron chi connectivity index (χ4n) is 5.67. The van der Waals surface area contributed by atoms with E-state index in [2.05, 4.69) is 37.3 Å². The first-order valence-electron chi connectivity index (χ1n) is 16.7. The van der Waals surface area contributed by atoms with Gasteiger partial charge in [0.05, 0.1) is 71.0 Å². The highest BCUT2D eigenvalue weighted by atomic mass is 32.3. The Morgan fingerprint density at radius 3 is 1.81 bits per heavy atom. The predicted molar refractivity (Wildman–Crippen MR) is 211 cm³/mol. The highest BCUT2D eigenvalue weighted by Gasteiger charge is 2.34. The average Bonchev–Trinajstić information content (AvgIpc) is 3.11. The van der Waals surface area contributed by atoms with Crippen molar-refractivity contribution < 1.29 is 103 Å². The zero-order valence-corrected chi connectivity index (χ0v) is 37.4. The number of ether oxygens (including phenoxy) is 1. The SMILES string of the molecule is Cc1c2c(c(S(C)(=O)=O)c3oc4cc(=NCCOS(=O)(=O)O)c(S(=O)(=O)CCOS(=O)(=O)O)cc-4nc13)Nc1cc(S(=O)(=O)CCOS(=O)(=O)O)c(NCCOS(=O)(=O)O)cc1O2. The third kappa shape index (κ3) is 13.0. The lowest BCUT2D eigenvalue weighted by Gasteiger charge is -2.27. The van der Waals surface area contributed by atoms with Crippen LogP contribution in [0.15, 0.2) is 48.4 Å². The number of nitrogens with one attached hydrogen (secondary N) is 2. The first-order chi connectivity index (χ1) is 28.7. The summed E-state index contributed by atoms with van der Waals surface area (Å²) >= 11 is 0. The topological polar surface area (TPSA) is 428 Å². The summed E-state index contributed by atoms with van der Waals surface area (Å²) in [6, 6.07) is 3.83. The van der Waals surface area contributed by atoms with Crippen molar-refractivity contribution in [2.45, 2.75) is 21.6 Å². The van der Waals surface area contributed by atoms with E-state index in [9.17, 15) is 58.9 Å². The summed E-state index contributed by atoms with van der Waals surface area (Å²) in [7, 11) is -33.7. The monoisotopic (exact) mass is 1030 g/mol. The molecule has 28 nitrogen and oxygen atoms in total. The van der Waals surface area contributed by atoms with E-state index in [1.165, 1.54) is 6.92 Å². The fourth-order valence-corrected chi connectivity index (χ4v) is 10.6. The molecule has 0 radical (unpaired) electrons. The van der Waals surface area contributed by atoms with Crippen LogP contribution in [0.25, 0.3) is 22.6 Å². The molecule has 35 heteroatoms. The first kappa shape index (κ1) is 49.8. The van der Waals surface area contributed by atoms with Crippen LogP contribution < -0.4 is 20.7 Å². The second-order valence-electron chi connectivity index (χ2n) is 12.6. The molecule has 63 heavy (non-hydrogen) atoms. The van der Waals surface area contributed by atoms with Crippen LogP contribution >= 0.6 is 0 Å². The van der Waals surface area contributed by atoms with Crippen molar-refractivity contribution in [1.82, 2.24) is 4.98 Å². The van der Waals surface area contributed by atoms with Crippen molar-refractivity contribution in [2.75, 3.05) is 67.9 Å². The van der Waals surface area contributed by atoms with E-state index < -0.39 is 148 Å². The molecule has 3 aliphatic rings. The summed E-state index contributed by atoms with van der Waals surface area (Å²) < 4.78 is 234. The third-order valence-electron chi connectivity index (χ3n) is 8.07. The second kappa shape index (κ2) is 18.0. The summed E-state index contributed by atoms with van der Waals surface area (Å²) in [6.45, 7) is -3.45. The molecule has 0 unspecified atom stereocenters. The Labute approximate surface area is 358 Å². The molecule has 0 spiro atoms. The molecule has 2 heterocycles. The van der Waals surface area contributed by atoms with E-state index >= 15 is 0 Å². The van der Waals surface area contributed by atoms with Gasteiger partial charge in [-0.2, -0.15) is 33.7 Å². The fraction of sp³-hybridized carbons (Fsp3) is 0.357. The normalized spacial score (nSPS) is 14.3. The Morgan fingerprint density at radius 1 is 0.714 bits per heavy atom. The number of aryl methyl sites for hydroxylation is 1. The number of aromatic nitrogens is 1. The maximum absolute atomic E-state index is 13.6. The molecule has 0 saturated carbocycles. The molecule has 0 amide bonds. The number of benzene rings is 3. The minimum absolute atomic E-state index is 0.0217. The number of nitrogens with zero attached hydrogens (tertiary/aromatic N) is 2. The maximum Gasteiger partial charge on any atom is 0.397 e. The molecule has 5 rings (SSSR count). The van der Waals surface area contributed by atoms with Gasteiger partial charge in [-0.3, -0.25) is 23.2 Å². The molecule has 0 bridgehead atoms. The molecular formula is C28H32N4O24S7. The Bertz CT molecular complexity index is 3330. The van der Waals surface area contributed by atoms with Crippen LogP contribution in [0.3, 0.4) is 0 Å². The van der Waals surface area contributed by atoms with Crippen LogP contribution in [-0.2, 0) is 87.8 Å². The zero-order valence-electron chi connectivity index (χ0n) is 31.7. The number of anilines is 3. The van der Waals surface area contributed by atoms with Gasteiger partial charge in [-0.1, -0.05) is 0 Å². The van der Waals surface area contributed by atoms with E-state index in [-0.39, 0.29) is 51.1 Å². The van der Waals surface area contributed by atoms with E-state index in [0.717, 1.165) is 30.5 Å². The van der Waals surface area contributed by atoms with Crippen LogP contribution in [0.1, 0.15) is 5.56 Å². The van der Waals surface area contributed by atoms with Gasteiger partial charge in [-0.25, -0.2) is 47.0 Å². The maximum atomic E-state index is 13.6. The number of fused-ring (bicyclic) bond motifs is 4. The zero-order chi connectivity index (χ0) is 47.1. The van der Waals surface area contributed by atoms with Crippen LogP contribution in [0.4, 0.5) is 17.1 Å². The van der Waals surface area contributed by atoms with Gasteiger partial charge >= 0.3 is 41.6 Å². The van der Waals surface area contributed by atoms with Gasteiger partial charge in [0.15, 0.2) is 52.4 Å². The number of rotatable bonds is 20.